The molecule has 19 heteroatoms. The van der Waals surface area contributed by atoms with E-state index in [0.29, 0.717) is 0 Å². The van der Waals surface area contributed by atoms with Crippen LogP contribution in [0.4, 0.5) is 0 Å². The molecule has 176 valence electrons. The van der Waals surface area contributed by atoms with Gasteiger partial charge >= 0.3 is 75.5 Å². The van der Waals surface area contributed by atoms with Gasteiger partial charge < -0.3 is 67.0 Å². The van der Waals surface area contributed by atoms with Crippen LogP contribution < -0.4 is 20.4 Å². The fourth-order valence-corrected chi connectivity index (χ4v) is 0. The van der Waals surface area contributed by atoms with Crippen LogP contribution >= 0.6 is 0 Å². The van der Waals surface area contributed by atoms with Crippen molar-refractivity contribution in [3.63, 3.8) is 0 Å². The Kier molecular flexibility index (Phi) is 96.7. The number of carbonyl (C=O) groups excluding carboxylic acids is 8. The van der Waals surface area contributed by atoms with Crippen molar-refractivity contribution in [1.82, 2.24) is 0 Å². The number of carbonyl (C=O) groups is 8. The molecular formula is C12H22Ca2O17. The largest absolute Gasteiger partial charge is 2.00 e. The monoisotopic (exact) mass is 518 g/mol. The number of Topliss-reactive ketones (excluding diaryl/α,β-unsaturated/α-hetero) is 4. The third-order valence-electron chi connectivity index (χ3n) is 1.15. The van der Waals surface area contributed by atoms with Crippen LogP contribution in [-0.4, -0.2) is 150 Å². The second kappa shape index (κ2) is 42.9. The van der Waals surface area contributed by atoms with Gasteiger partial charge in [0.25, 0.3) is 0 Å². The summed E-state index contributed by atoms with van der Waals surface area (Å²) in [4.78, 5) is 74.9. The number of aliphatic carboxylic acids is 4. The summed E-state index contributed by atoms with van der Waals surface area (Å²) in [5.41, 5.74) is 0. The molecule has 0 aliphatic carbocycles. The van der Waals surface area contributed by atoms with Crippen molar-refractivity contribution in [3.8, 4) is 0 Å². The van der Waals surface area contributed by atoms with Crippen molar-refractivity contribution in [2.24, 2.45) is 0 Å². The molecule has 0 saturated carbocycles. The molecule has 0 unspecified atom stereocenters. The van der Waals surface area contributed by atoms with Gasteiger partial charge in [-0.1, -0.05) is 0 Å². The number of carboxylic acids is 4. The molecule has 10 N–H and O–H groups in total. The van der Waals surface area contributed by atoms with Gasteiger partial charge in [0.1, 0.15) is 23.9 Å². The number of hydrogen-bond acceptors (Lipinski definition) is 12. The van der Waals surface area contributed by atoms with Gasteiger partial charge in [-0.2, -0.15) is 0 Å². The summed E-state index contributed by atoms with van der Waals surface area (Å²) in [6.07, 6.45) is 0. The number of ketones is 4. The van der Waals surface area contributed by atoms with E-state index in [2.05, 4.69) is 0 Å². The predicted octanol–water partition coefficient (Wildman–Crippen LogP) is -11.6. The second-order valence-electron chi connectivity index (χ2n) is 3.37. The van der Waals surface area contributed by atoms with E-state index in [4.69, 9.17) is 0 Å². The van der Waals surface area contributed by atoms with E-state index in [9.17, 15) is 58.8 Å². The first-order valence-corrected chi connectivity index (χ1v) is 5.45. The van der Waals surface area contributed by atoms with Gasteiger partial charge in [-0.05, 0) is 0 Å². The predicted molar refractivity (Wildman–Crippen MR) is 92.3 cm³/mol. The zero-order valence-electron chi connectivity index (χ0n) is 16.8. The van der Waals surface area contributed by atoms with Gasteiger partial charge in [0, 0.05) is 27.7 Å². The third kappa shape index (κ3) is 94.2. The molecule has 0 aromatic rings. The Morgan fingerprint density at radius 1 is 0.355 bits per heavy atom. The summed E-state index contributed by atoms with van der Waals surface area (Å²) in [6.45, 7) is 3.76. The van der Waals surface area contributed by atoms with E-state index in [1.165, 1.54) is 0 Å². The van der Waals surface area contributed by atoms with Crippen LogP contribution in [0.2, 0.25) is 0 Å². The van der Waals surface area contributed by atoms with Crippen LogP contribution in [-0.2, 0) is 38.4 Å². The van der Waals surface area contributed by atoms with Gasteiger partial charge in [0.15, 0.2) is 23.1 Å². The smallest absolute Gasteiger partial charge is 0.542 e. The van der Waals surface area contributed by atoms with Gasteiger partial charge in [-0.3, -0.25) is 19.2 Å². The van der Waals surface area contributed by atoms with Gasteiger partial charge in [0.2, 0.25) is 0 Å². The topological polar surface area (TPSA) is 386 Å². The summed E-state index contributed by atoms with van der Waals surface area (Å²) >= 11 is 0. The first-order valence-electron chi connectivity index (χ1n) is 5.45. The van der Waals surface area contributed by atoms with E-state index >= 15 is 0 Å². The molecule has 0 aliphatic heterocycles. The molecule has 0 spiro atoms. The number of rotatable bonds is 4. The molecule has 0 bridgehead atoms. The molecule has 0 aromatic carbocycles. The summed E-state index contributed by atoms with van der Waals surface area (Å²) in [5, 5.41) is 37.0. The van der Waals surface area contributed by atoms with Crippen molar-refractivity contribution in [3.05, 3.63) is 0 Å². The maximum Gasteiger partial charge on any atom is 2.00 e. The Labute approximate surface area is 234 Å². The first-order chi connectivity index (χ1) is 10.6. The van der Waals surface area contributed by atoms with E-state index in [1.54, 1.807) is 0 Å². The minimum Gasteiger partial charge on any atom is -0.542 e. The average Bonchev–Trinajstić information content (AvgIpc) is 2.40. The number of carboxylic acid groups (broad SMARTS) is 4. The van der Waals surface area contributed by atoms with Crippen LogP contribution in [0.5, 0.6) is 0 Å². The van der Waals surface area contributed by atoms with Gasteiger partial charge in [-0.25, -0.2) is 0 Å². The number of hydrogen-bond donors (Lipinski definition) is 0. The van der Waals surface area contributed by atoms with E-state index in [1.807, 2.05) is 0 Å². The van der Waals surface area contributed by atoms with Crippen LogP contribution in [0.3, 0.4) is 0 Å². The molecule has 0 heterocycles. The Bertz CT molecular complexity index is 399. The molecule has 0 aliphatic rings. The van der Waals surface area contributed by atoms with Crippen LogP contribution in [0.25, 0.3) is 0 Å². The Morgan fingerprint density at radius 3 is 0.387 bits per heavy atom. The fourth-order valence-electron chi connectivity index (χ4n) is 0. The molecular weight excluding hydrogens is 496 g/mol. The Morgan fingerprint density at radius 2 is 0.387 bits per heavy atom. The molecule has 17 nitrogen and oxygen atoms in total. The Balaban J connectivity index is -0.0000000178. The second-order valence-corrected chi connectivity index (χ2v) is 3.37. The van der Waals surface area contributed by atoms with Crippen LogP contribution in [0, 0.1) is 0 Å². The fraction of sp³-hybridized carbons (Fsp3) is 0.333. The summed E-state index contributed by atoms with van der Waals surface area (Å²) in [7, 11) is 0. The minimum absolute atomic E-state index is 0. The molecule has 31 heavy (non-hydrogen) atoms. The SMILES string of the molecule is CC(=O)C(=O)[O-].CC(=O)C(=O)[O-].CC(=O)C(=O)[O-].CC(=O)C(=O)[O-].O.O.O.O.O.[Ca+2].[Ca+2]. The zero-order valence-corrected chi connectivity index (χ0v) is 21.2. The molecule has 0 rings (SSSR count). The summed E-state index contributed by atoms with van der Waals surface area (Å²) in [5.74, 6) is -10.3. The van der Waals surface area contributed by atoms with Crippen molar-refractivity contribution in [1.29, 1.82) is 0 Å². The quantitative estimate of drug-likeness (QED) is 0.247. The maximum absolute atomic E-state index is 9.48. The van der Waals surface area contributed by atoms with Crippen molar-refractivity contribution in [2.75, 3.05) is 0 Å². The molecule has 0 radical (unpaired) electrons. The normalized spacial score (nSPS) is 5.81. The van der Waals surface area contributed by atoms with E-state index < -0.39 is 47.0 Å². The first kappa shape index (κ1) is 69.9. The zero-order chi connectivity index (χ0) is 20.6. The molecule has 0 aromatic heterocycles. The van der Waals surface area contributed by atoms with Crippen molar-refractivity contribution in [2.45, 2.75) is 27.7 Å². The van der Waals surface area contributed by atoms with E-state index in [0.717, 1.165) is 27.7 Å². The van der Waals surface area contributed by atoms with Crippen molar-refractivity contribution < 1.29 is 86.2 Å². The standard InChI is InChI=1S/4C3H4O3.2Ca.5H2O/c4*1-2(4)3(5)6;;;;;;;/h4*1H3,(H,5,6);;;5*1H2/q;;;;2*+2;;;;;/p-4. The van der Waals surface area contributed by atoms with Crippen LogP contribution in [0.15, 0.2) is 0 Å². The van der Waals surface area contributed by atoms with E-state index in [-0.39, 0.29) is 103 Å². The molecule has 0 fully saturated rings. The van der Waals surface area contributed by atoms with Crippen molar-refractivity contribution >= 4 is 122 Å². The summed E-state index contributed by atoms with van der Waals surface area (Å²) in [6, 6.07) is 0. The third-order valence-corrected chi connectivity index (χ3v) is 1.15. The molecule has 0 amide bonds. The molecule has 0 saturated heterocycles. The van der Waals surface area contributed by atoms with Crippen LogP contribution in [0.1, 0.15) is 27.7 Å². The summed E-state index contributed by atoms with van der Waals surface area (Å²) < 4.78 is 0. The molecule has 0 atom stereocenters. The van der Waals surface area contributed by atoms with Gasteiger partial charge in [-0.15, -0.1) is 0 Å². The minimum atomic E-state index is -1.63. The maximum atomic E-state index is 9.48. The Hall–Kier alpha value is -1.12. The average molecular weight is 518 g/mol. The van der Waals surface area contributed by atoms with Gasteiger partial charge in [0.05, 0.1) is 0 Å².